The molecule has 2 aliphatic rings. The lowest BCUT2D eigenvalue weighted by atomic mass is 9.79. The Morgan fingerprint density at radius 2 is 1.71 bits per heavy atom. The van der Waals surface area contributed by atoms with E-state index in [1.807, 2.05) is 13.8 Å². The first-order chi connectivity index (χ1) is 8.04. The van der Waals surface area contributed by atoms with E-state index in [0.29, 0.717) is 0 Å². The summed E-state index contributed by atoms with van der Waals surface area (Å²) >= 11 is 0. The Balaban J connectivity index is 2.17. The quantitative estimate of drug-likeness (QED) is 0.802. The highest BCUT2D eigenvalue weighted by Gasteiger charge is 2.46. The Bertz CT molecular complexity index is 276. The minimum Gasteiger partial charge on any atom is -0.480 e. The monoisotopic (exact) mass is 241 g/mol. The second-order valence-corrected chi connectivity index (χ2v) is 5.56. The van der Waals surface area contributed by atoms with Gasteiger partial charge in [0.15, 0.2) is 0 Å². The minimum absolute atomic E-state index is 0.136. The first kappa shape index (κ1) is 12.8. The molecule has 0 spiro atoms. The van der Waals surface area contributed by atoms with E-state index in [1.165, 1.54) is 6.42 Å². The summed E-state index contributed by atoms with van der Waals surface area (Å²) in [5.74, 6) is -0.640. The Kier molecular flexibility index (Phi) is 3.73. The van der Waals surface area contributed by atoms with Gasteiger partial charge in [0, 0.05) is 13.1 Å². The third-order valence-corrected chi connectivity index (χ3v) is 4.10. The maximum Gasteiger partial charge on any atom is 0.324 e. The van der Waals surface area contributed by atoms with Gasteiger partial charge < -0.3 is 9.84 Å². The first-order valence-corrected chi connectivity index (χ1v) is 6.68. The Labute approximate surface area is 103 Å². The molecule has 2 unspecified atom stereocenters. The van der Waals surface area contributed by atoms with Crippen molar-refractivity contribution in [2.24, 2.45) is 0 Å². The van der Waals surface area contributed by atoms with Gasteiger partial charge >= 0.3 is 5.97 Å². The average molecular weight is 241 g/mol. The smallest absolute Gasteiger partial charge is 0.324 e. The molecule has 98 valence electrons. The third-order valence-electron chi connectivity index (χ3n) is 4.10. The number of carbonyl (C=O) groups is 1. The molecule has 17 heavy (non-hydrogen) atoms. The van der Waals surface area contributed by atoms with Gasteiger partial charge in [-0.1, -0.05) is 19.3 Å². The molecule has 0 radical (unpaired) electrons. The molecule has 0 bridgehead atoms. The van der Waals surface area contributed by atoms with E-state index in [-0.39, 0.29) is 12.2 Å². The van der Waals surface area contributed by atoms with Crippen molar-refractivity contribution in [3.63, 3.8) is 0 Å². The van der Waals surface area contributed by atoms with Crippen LogP contribution in [0.2, 0.25) is 0 Å². The van der Waals surface area contributed by atoms with Gasteiger partial charge in [0.2, 0.25) is 0 Å². The molecule has 2 fully saturated rings. The van der Waals surface area contributed by atoms with Crippen molar-refractivity contribution in [1.29, 1.82) is 0 Å². The number of rotatable bonds is 2. The predicted molar refractivity (Wildman–Crippen MR) is 65.0 cm³/mol. The van der Waals surface area contributed by atoms with Gasteiger partial charge in [-0.05, 0) is 26.7 Å². The molecule has 4 nitrogen and oxygen atoms in total. The summed E-state index contributed by atoms with van der Waals surface area (Å²) in [6, 6.07) is 0. The van der Waals surface area contributed by atoms with Gasteiger partial charge in [0.25, 0.3) is 0 Å². The van der Waals surface area contributed by atoms with E-state index in [2.05, 4.69) is 4.90 Å². The van der Waals surface area contributed by atoms with Crippen LogP contribution < -0.4 is 0 Å². The standard InChI is InChI=1S/C13H23NO3/c1-10-8-14(9-11(2)17-10)13(12(15)16)6-4-3-5-7-13/h10-11H,3-9H2,1-2H3,(H,15,16). The molecule has 1 saturated heterocycles. The number of carboxylic acids is 1. The molecule has 1 heterocycles. The van der Waals surface area contributed by atoms with Crippen LogP contribution in [0.4, 0.5) is 0 Å². The zero-order valence-corrected chi connectivity index (χ0v) is 10.8. The summed E-state index contributed by atoms with van der Waals surface area (Å²) in [7, 11) is 0. The fourth-order valence-electron chi connectivity index (χ4n) is 3.33. The minimum atomic E-state index is -0.640. The molecular formula is C13H23NO3. The van der Waals surface area contributed by atoms with Crippen molar-refractivity contribution >= 4 is 5.97 Å². The molecular weight excluding hydrogens is 218 g/mol. The Morgan fingerprint density at radius 1 is 1.18 bits per heavy atom. The van der Waals surface area contributed by atoms with Crippen LogP contribution in [0.15, 0.2) is 0 Å². The molecule has 2 rings (SSSR count). The number of aliphatic carboxylic acids is 1. The second-order valence-electron chi connectivity index (χ2n) is 5.56. The average Bonchev–Trinajstić information content (AvgIpc) is 2.28. The summed E-state index contributed by atoms with van der Waals surface area (Å²) < 4.78 is 5.70. The van der Waals surface area contributed by atoms with Crippen LogP contribution >= 0.6 is 0 Å². The lowest BCUT2D eigenvalue weighted by molar-refractivity contribution is -0.165. The largest absolute Gasteiger partial charge is 0.480 e. The summed E-state index contributed by atoms with van der Waals surface area (Å²) in [4.78, 5) is 13.9. The van der Waals surface area contributed by atoms with Gasteiger partial charge in [-0.25, -0.2) is 0 Å². The zero-order chi connectivity index (χ0) is 12.5. The molecule has 0 aromatic heterocycles. The third kappa shape index (κ3) is 2.47. The lowest BCUT2D eigenvalue weighted by Gasteiger charge is -2.47. The van der Waals surface area contributed by atoms with E-state index < -0.39 is 11.5 Å². The summed E-state index contributed by atoms with van der Waals surface area (Å²) in [6.07, 6.45) is 5.10. The van der Waals surface area contributed by atoms with E-state index >= 15 is 0 Å². The van der Waals surface area contributed by atoms with Gasteiger partial charge in [-0.15, -0.1) is 0 Å². The number of nitrogens with zero attached hydrogens (tertiary/aromatic N) is 1. The van der Waals surface area contributed by atoms with Crippen LogP contribution in [-0.2, 0) is 9.53 Å². The molecule has 0 aromatic carbocycles. The van der Waals surface area contributed by atoms with Crippen LogP contribution in [0.1, 0.15) is 46.0 Å². The van der Waals surface area contributed by atoms with Crippen molar-refractivity contribution in [2.75, 3.05) is 13.1 Å². The van der Waals surface area contributed by atoms with E-state index in [0.717, 1.165) is 38.8 Å². The van der Waals surface area contributed by atoms with E-state index in [9.17, 15) is 9.90 Å². The van der Waals surface area contributed by atoms with E-state index in [4.69, 9.17) is 4.74 Å². The molecule has 0 aromatic rings. The fraction of sp³-hybridized carbons (Fsp3) is 0.923. The maximum atomic E-state index is 11.7. The van der Waals surface area contributed by atoms with Crippen LogP contribution in [0.3, 0.4) is 0 Å². The van der Waals surface area contributed by atoms with Crippen LogP contribution in [0.5, 0.6) is 0 Å². The molecule has 1 saturated carbocycles. The highest BCUT2D eigenvalue weighted by molar-refractivity contribution is 5.79. The number of ether oxygens (including phenoxy) is 1. The lowest BCUT2D eigenvalue weighted by Crippen LogP contribution is -2.61. The molecule has 2 atom stereocenters. The number of morpholine rings is 1. The van der Waals surface area contributed by atoms with Crippen molar-refractivity contribution in [3.05, 3.63) is 0 Å². The SMILES string of the molecule is CC1CN(C2(C(=O)O)CCCCC2)CC(C)O1. The summed E-state index contributed by atoms with van der Waals surface area (Å²) in [6.45, 7) is 5.55. The number of hydrogen-bond acceptors (Lipinski definition) is 3. The van der Waals surface area contributed by atoms with Gasteiger partial charge in [-0.2, -0.15) is 0 Å². The first-order valence-electron chi connectivity index (χ1n) is 6.68. The second kappa shape index (κ2) is 4.94. The Morgan fingerprint density at radius 3 is 2.18 bits per heavy atom. The normalized spacial score (nSPS) is 34.5. The highest BCUT2D eigenvalue weighted by atomic mass is 16.5. The van der Waals surface area contributed by atoms with Gasteiger partial charge in [-0.3, -0.25) is 9.69 Å². The Hall–Kier alpha value is -0.610. The topological polar surface area (TPSA) is 49.8 Å². The van der Waals surface area contributed by atoms with Gasteiger partial charge in [0.1, 0.15) is 5.54 Å². The number of hydrogen-bond donors (Lipinski definition) is 1. The van der Waals surface area contributed by atoms with Gasteiger partial charge in [0.05, 0.1) is 12.2 Å². The van der Waals surface area contributed by atoms with Crippen molar-refractivity contribution in [1.82, 2.24) is 4.90 Å². The van der Waals surface area contributed by atoms with Crippen molar-refractivity contribution in [2.45, 2.75) is 63.7 Å². The molecule has 1 N–H and O–H groups in total. The van der Waals surface area contributed by atoms with Crippen molar-refractivity contribution in [3.8, 4) is 0 Å². The molecule has 4 heteroatoms. The van der Waals surface area contributed by atoms with Crippen LogP contribution in [0.25, 0.3) is 0 Å². The molecule has 1 aliphatic heterocycles. The van der Waals surface area contributed by atoms with Crippen LogP contribution in [-0.4, -0.2) is 46.8 Å². The zero-order valence-electron chi connectivity index (χ0n) is 10.8. The number of carboxylic acid groups (broad SMARTS) is 1. The highest BCUT2D eigenvalue weighted by Crippen LogP contribution is 2.35. The molecule has 0 amide bonds. The van der Waals surface area contributed by atoms with Crippen LogP contribution in [0, 0.1) is 0 Å². The fourth-order valence-corrected chi connectivity index (χ4v) is 3.33. The van der Waals surface area contributed by atoms with Crippen molar-refractivity contribution < 1.29 is 14.6 Å². The predicted octanol–water partition coefficient (Wildman–Crippen LogP) is 1.88. The summed E-state index contributed by atoms with van der Waals surface area (Å²) in [5.41, 5.74) is -0.620. The molecule has 1 aliphatic carbocycles. The summed E-state index contributed by atoms with van der Waals surface area (Å²) in [5, 5.41) is 9.63. The maximum absolute atomic E-state index is 11.7. The van der Waals surface area contributed by atoms with E-state index in [1.54, 1.807) is 0 Å².